The Labute approximate surface area is 65.1 Å². The molecule has 4 heteroatoms. The number of hydrogen-bond donors (Lipinski definition) is 0. The Hall–Kier alpha value is -0.900. The molecule has 11 heavy (non-hydrogen) atoms. The van der Waals surface area contributed by atoms with Gasteiger partial charge >= 0.3 is 0 Å². The Morgan fingerprint density at radius 2 is 2.45 bits per heavy atom. The molecule has 1 aliphatic rings. The van der Waals surface area contributed by atoms with E-state index in [9.17, 15) is 9.59 Å². The van der Waals surface area contributed by atoms with Crippen molar-refractivity contribution in [3.05, 3.63) is 0 Å². The van der Waals surface area contributed by atoms with E-state index in [4.69, 9.17) is 4.74 Å². The van der Waals surface area contributed by atoms with E-state index < -0.39 is 0 Å². The van der Waals surface area contributed by atoms with Gasteiger partial charge in [0.25, 0.3) is 0 Å². The molecule has 0 aromatic carbocycles. The van der Waals surface area contributed by atoms with Crippen LogP contribution in [0.2, 0.25) is 0 Å². The molecule has 1 atom stereocenters. The van der Waals surface area contributed by atoms with Crippen LogP contribution in [0.15, 0.2) is 0 Å². The van der Waals surface area contributed by atoms with Gasteiger partial charge < -0.3 is 9.64 Å². The fourth-order valence-corrected chi connectivity index (χ4v) is 1.09. The summed E-state index contributed by atoms with van der Waals surface area (Å²) in [7, 11) is 0. The zero-order valence-electron chi connectivity index (χ0n) is 6.45. The van der Waals surface area contributed by atoms with Crippen molar-refractivity contribution >= 4 is 12.2 Å². The maximum Gasteiger partial charge on any atom is 0.210 e. The number of nitrogens with zero attached hydrogens (tertiary/aromatic N) is 1. The van der Waals surface area contributed by atoms with Crippen LogP contribution < -0.4 is 0 Å². The molecule has 1 unspecified atom stereocenters. The largest absolute Gasteiger partial charge is 0.377 e. The third kappa shape index (κ3) is 1.77. The van der Waals surface area contributed by atoms with Crippen LogP contribution in [0.5, 0.6) is 0 Å². The van der Waals surface area contributed by atoms with E-state index in [0.29, 0.717) is 26.2 Å². The lowest BCUT2D eigenvalue weighted by molar-refractivity contribution is -0.137. The zero-order valence-corrected chi connectivity index (χ0v) is 6.45. The van der Waals surface area contributed by atoms with Gasteiger partial charge in [-0.25, -0.2) is 0 Å². The van der Waals surface area contributed by atoms with Gasteiger partial charge in [0.15, 0.2) is 5.78 Å². The maximum atomic E-state index is 10.9. The van der Waals surface area contributed by atoms with E-state index in [1.807, 2.05) is 0 Å². The highest BCUT2D eigenvalue weighted by atomic mass is 16.5. The van der Waals surface area contributed by atoms with E-state index in [2.05, 4.69) is 0 Å². The standard InChI is InChI=1S/C7H11NO3/c1-6(10)7-4-11-3-2-8(7)5-9/h5,7H,2-4H2,1H3. The molecule has 0 aromatic heterocycles. The fraction of sp³-hybridized carbons (Fsp3) is 0.714. The molecule has 62 valence electrons. The highest BCUT2D eigenvalue weighted by Gasteiger charge is 2.24. The Morgan fingerprint density at radius 1 is 1.73 bits per heavy atom. The van der Waals surface area contributed by atoms with Crippen LogP contribution in [0.4, 0.5) is 0 Å². The molecular formula is C7H11NO3. The van der Waals surface area contributed by atoms with E-state index in [0.717, 1.165) is 0 Å². The second-order valence-electron chi connectivity index (χ2n) is 2.54. The number of amides is 1. The molecule has 1 fully saturated rings. The van der Waals surface area contributed by atoms with Crippen LogP contribution in [0, 0.1) is 0 Å². The molecule has 0 N–H and O–H groups in total. The van der Waals surface area contributed by atoms with E-state index in [1.165, 1.54) is 11.8 Å². The first kappa shape index (κ1) is 8.20. The van der Waals surface area contributed by atoms with Gasteiger partial charge in [0.2, 0.25) is 6.41 Å². The number of ether oxygens (including phenoxy) is 1. The average Bonchev–Trinajstić information content (AvgIpc) is 2.04. The smallest absolute Gasteiger partial charge is 0.210 e. The first-order chi connectivity index (χ1) is 5.25. The summed E-state index contributed by atoms with van der Waals surface area (Å²) in [6, 6.07) is -0.360. The van der Waals surface area contributed by atoms with Crippen molar-refractivity contribution in [3.8, 4) is 0 Å². The third-order valence-corrected chi connectivity index (χ3v) is 1.77. The molecule has 1 saturated heterocycles. The fourth-order valence-electron chi connectivity index (χ4n) is 1.09. The van der Waals surface area contributed by atoms with Crippen molar-refractivity contribution in [2.75, 3.05) is 19.8 Å². The highest BCUT2D eigenvalue weighted by Crippen LogP contribution is 2.04. The Morgan fingerprint density at radius 3 is 2.91 bits per heavy atom. The second kappa shape index (κ2) is 3.48. The summed E-state index contributed by atoms with van der Waals surface area (Å²) < 4.78 is 5.05. The number of Topliss-reactive ketones (excluding diaryl/α,β-unsaturated/α-hetero) is 1. The lowest BCUT2D eigenvalue weighted by Crippen LogP contribution is -2.48. The molecule has 1 heterocycles. The average molecular weight is 157 g/mol. The molecule has 1 aliphatic heterocycles. The maximum absolute atomic E-state index is 10.9. The summed E-state index contributed by atoms with van der Waals surface area (Å²) in [6.07, 6.45) is 0.703. The van der Waals surface area contributed by atoms with Crippen LogP contribution in [0.3, 0.4) is 0 Å². The Kier molecular flexibility index (Phi) is 2.59. The molecule has 0 spiro atoms. The van der Waals surface area contributed by atoms with Gasteiger partial charge in [0.05, 0.1) is 13.2 Å². The monoisotopic (exact) mass is 157 g/mol. The quantitative estimate of drug-likeness (QED) is 0.504. The number of carbonyl (C=O) groups excluding carboxylic acids is 2. The van der Waals surface area contributed by atoms with Crippen molar-refractivity contribution in [1.82, 2.24) is 4.90 Å². The number of ketones is 1. The number of rotatable bonds is 2. The predicted octanol–water partition coefficient (Wildman–Crippen LogP) is -0.567. The first-order valence-corrected chi connectivity index (χ1v) is 3.55. The molecule has 4 nitrogen and oxygen atoms in total. The highest BCUT2D eigenvalue weighted by molar-refractivity contribution is 5.83. The molecule has 0 aromatic rings. The normalized spacial score (nSPS) is 24.8. The minimum absolute atomic E-state index is 0.0169. The molecule has 1 rings (SSSR count). The second-order valence-corrected chi connectivity index (χ2v) is 2.54. The minimum atomic E-state index is -0.360. The molecule has 0 bridgehead atoms. The number of hydrogen-bond acceptors (Lipinski definition) is 3. The summed E-state index contributed by atoms with van der Waals surface area (Å²) in [5.74, 6) is -0.0169. The van der Waals surface area contributed by atoms with Crippen molar-refractivity contribution in [2.24, 2.45) is 0 Å². The van der Waals surface area contributed by atoms with E-state index >= 15 is 0 Å². The molecule has 1 amide bonds. The van der Waals surface area contributed by atoms with E-state index in [1.54, 1.807) is 0 Å². The van der Waals surface area contributed by atoms with Crippen LogP contribution in [-0.2, 0) is 14.3 Å². The Balaban J connectivity index is 2.58. The molecule has 0 aliphatic carbocycles. The topological polar surface area (TPSA) is 46.6 Å². The lowest BCUT2D eigenvalue weighted by atomic mass is 10.2. The third-order valence-electron chi connectivity index (χ3n) is 1.77. The summed E-state index contributed by atoms with van der Waals surface area (Å²) >= 11 is 0. The van der Waals surface area contributed by atoms with Gasteiger partial charge in [0.1, 0.15) is 6.04 Å². The summed E-state index contributed by atoms with van der Waals surface area (Å²) in [4.78, 5) is 22.8. The van der Waals surface area contributed by atoms with Crippen LogP contribution in [-0.4, -0.2) is 42.9 Å². The van der Waals surface area contributed by atoms with Crippen molar-refractivity contribution < 1.29 is 14.3 Å². The minimum Gasteiger partial charge on any atom is -0.377 e. The van der Waals surface area contributed by atoms with E-state index in [-0.39, 0.29) is 11.8 Å². The van der Waals surface area contributed by atoms with Gasteiger partial charge in [-0.2, -0.15) is 0 Å². The van der Waals surface area contributed by atoms with Gasteiger partial charge in [-0.05, 0) is 6.92 Å². The summed E-state index contributed by atoms with van der Waals surface area (Å²) in [5, 5.41) is 0. The molecular weight excluding hydrogens is 146 g/mol. The predicted molar refractivity (Wildman–Crippen MR) is 38.1 cm³/mol. The van der Waals surface area contributed by atoms with Crippen molar-refractivity contribution in [2.45, 2.75) is 13.0 Å². The van der Waals surface area contributed by atoms with Crippen molar-refractivity contribution in [3.63, 3.8) is 0 Å². The van der Waals surface area contributed by atoms with Gasteiger partial charge in [-0.1, -0.05) is 0 Å². The SMILES string of the molecule is CC(=O)C1COCCN1C=O. The zero-order chi connectivity index (χ0) is 8.27. The van der Waals surface area contributed by atoms with Gasteiger partial charge in [-0.15, -0.1) is 0 Å². The lowest BCUT2D eigenvalue weighted by Gasteiger charge is -2.30. The van der Waals surface area contributed by atoms with Gasteiger partial charge in [-0.3, -0.25) is 9.59 Å². The van der Waals surface area contributed by atoms with Crippen molar-refractivity contribution in [1.29, 1.82) is 0 Å². The summed E-state index contributed by atoms with van der Waals surface area (Å²) in [5.41, 5.74) is 0. The number of morpholine rings is 1. The first-order valence-electron chi connectivity index (χ1n) is 3.55. The molecule has 0 saturated carbocycles. The van der Waals surface area contributed by atoms with Crippen LogP contribution in [0.1, 0.15) is 6.92 Å². The Bertz CT molecular complexity index is 169. The molecule has 0 radical (unpaired) electrons. The number of carbonyl (C=O) groups is 2. The summed E-state index contributed by atoms with van der Waals surface area (Å²) in [6.45, 7) is 2.86. The van der Waals surface area contributed by atoms with Crippen LogP contribution in [0.25, 0.3) is 0 Å². The van der Waals surface area contributed by atoms with Gasteiger partial charge in [0, 0.05) is 6.54 Å². The van der Waals surface area contributed by atoms with Crippen LogP contribution >= 0.6 is 0 Å².